The van der Waals surface area contributed by atoms with Crippen LogP contribution in [-0.4, -0.2) is 19.0 Å². The van der Waals surface area contributed by atoms with E-state index in [4.69, 9.17) is 10.2 Å². The number of carbonyl (C=O) groups is 1. The Morgan fingerprint density at radius 3 is 2.96 bits per heavy atom. The van der Waals surface area contributed by atoms with Crippen LogP contribution in [0, 0.1) is 0 Å². The summed E-state index contributed by atoms with van der Waals surface area (Å²) >= 11 is 1.33. The maximum atomic E-state index is 12.3. The highest BCUT2D eigenvalue weighted by Gasteiger charge is 2.14. The molecule has 2 heterocycles. The Bertz CT molecular complexity index is 991. The fraction of sp³-hybridized carbons (Fsp3) is 0.111. The SMILES string of the molecule is C=CC(=O)Nc1cccc(-c2csc3c(=O)cc(NCCN)oc23)c1. The van der Waals surface area contributed by atoms with Gasteiger partial charge in [0, 0.05) is 35.8 Å². The Morgan fingerprint density at radius 1 is 1.36 bits per heavy atom. The van der Waals surface area contributed by atoms with E-state index in [9.17, 15) is 9.59 Å². The molecule has 0 aliphatic carbocycles. The van der Waals surface area contributed by atoms with Gasteiger partial charge >= 0.3 is 0 Å². The van der Waals surface area contributed by atoms with E-state index in [1.54, 1.807) is 6.07 Å². The van der Waals surface area contributed by atoms with Crippen LogP contribution in [0.15, 0.2) is 57.6 Å². The zero-order valence-electron chi connectivity index (χ0n) is 13.4. The van der Waals surface area contributed by atoms with Crippen molar-refractivity contribution >= 4 is 39.1 Å². The average Bonchev–Trinajstić information content (AvgIpc) is 3.04. The summed E-state index contributed by atoms with van der Waals surface area (Å²) in [4.78, 5) is 23.7. The Hall–Kier alpha value is -2.90. The van der Waals surface area contributed by atoms with Gasteiger partial charge in [-0.25, -0.2) is 0 Å². The number of benzene rings is 1. The summed E-state index contributed by atoms with van der Waals surface area (Å²) in [5.41, 5.74) is 8.16. The van der Waals surface area contributed by atoms with Gasteiger partial charge in [0.05, 0.1) is 0 Å². The van der Waals surface area contributed by atoms with Crippen LogP contribution in [0.1, 0.15) is 0 Å². The van der Waals surface area contributed by atoms with E-state index in [2.05, 4.69) is 17.2 Å². The molecular weight excluding hydrogens is 338 g/mol. The average molecular weight is 355 g/mol. The molecular formula is C18H17N3O3S. The van der Waals surface area contributed by atoms with Gasteiger partial charge in [-0.3, -0.25) is 9.59 Å². The Kier molecular flexibility index (Phi) is 4.97. The number of nitrogens with two attached hydrogens (primary N) is 1. The number of carbonyl (C=O) groups excluding carboxylic acids is 1. The fourth-order valence-corrected chi connectivity index (χ4v) is 3.29. The van der Waals surface area contributed by atoms with Crippen LogP contribution in [0.5, 0.6) is 0 Å². The van der Waals surface area contributed by atoms with Crippen molar-refractivity contribution in [3.8, 4) is 11.1 Å². The normalized spacial score (nSPS) is 10.6. The molecule has 128 valence electrons. The Balaban J connectivity index is 2.05. The molecule has 0 atom stereocenters. The van der Waals surface area contributed by atoms with Crippen molar-refractivity contribution in [1.29, 1.82) is 0 Å². The van der Waals surface area contributed by atoms with E-state index in [1.807, 2.05) is 23.6 Å². The highest BCUT2D eigenvalue weighted by molar-refractivity contribution is 7.17. The molecule has 0 unspecified atom stereocenters. The molecule has 3 aromatic rings. The third-order valence-electron chi connectivity index (χ3n) is 3.51. The van der Waals surface area contributed by atoms with Crippen LogP contribution < -0.4 is 21.8 Å². The lowest BCUT2D eigenvalue weighted by atomic mass is 10.1. The van der Waals surface area contributed by atoms with Crippen molar-refractivity contribution in [3.63, 3.8) is 0 Å². The largest absolute Gasteiger partial charge is 0.439 e. The standard InChI is InChI=1S/C18H17N3O3S/c1-2-15(23)21-12-5-3-4-11(8-12)13-10-25-18-14(22)9-16(20-7-6-19)24-17(13)18/h2-5,8-10,20H,1,6-7,19H2,(H,21,23). The third-order valence-corrected chi connectivity index (χ3v) is 4.49. The van der Waals surface area contributed by atoms with Crippen LogP contribution in [0.4, 0.5) is 11.6 Å². The van der Waals surface area contributed by atoms with Gasteiger partial charge in [0.15, 0.2) is 11.5 Å². The second kappa shape index (κ2) is 7.33. The predicted molar refractivity (Wildman–Crippen MR) is 102 cm³/mol. The molecule has 25 heavy (non-hydrogen) atoms. The minimum atomic E-state index is -0.285. The van der Waals surface area contributed by atoms with Crippen LogP contribution in [0.3, 0.4) is 0 Å². The predicted octanol–water partition coefficient (Wildman–Crippen LogP) is 3.02. The monoisotopic (exact) mass is 355 g/mol. The van der Waals surface area contributed by atoms with E-state index >= 15 is 0 Å². The van der Waals surface area contributed by atoms with Crippen molar-refractivity contribution in [1.82, 2.24) is 0 Å². The van der Waals surface area contributed by atoms with E-state index in [0.29, 0.717) is 34.9 Å². The lowest BCUT2D eigenvalue weighted by Gasteiger charge is -2.06. The first-order valence-electron chi connectivity index (χ1n) is 7.65. The number of fused-ring (bicyclic) bond motifs is 1. The number of hydrogen-bond acceptors (Lipinski definition) is 6. The Labute approximate surface area is 148 Å². The zero-order valence-corrected chi connectivity index (χ0v) is 14.2. The topological polar surface area (TPSA) is 97.4 Å². The molecule has 0 aliphatic heterocycles. The molecule has 2 aromatic heterocycles. The minimum Gasteiger partial charge on any atom is -0.439 e. The van der Waals surface area contributed by atoms with Gasteiger partial charge in [0.25, 0.3) is 0 Å². The highest BCUT2D eigenvalue weighted by atomic mass is 32.1. The molecule has 0 saturated carbocycles. The minimum absolute atomic E-state index is 0.104. The number of rotatable bonds is 6. The first-order chi connectivity index (χ1) is 12.1. The smallest absolute Gasteiger partial charge is 0.247 e. The first-order valence-corrected chi connectivity index (χ1v) is 8.53. The lowest BCUT2D eigenvalue weighted by molar-refractivity contribution is -0.111. The van der Waals surface area contributed by atoms with Gasteiger partial charge < -0.3 is 20.8 Å². The summed E-state index contributed by atoms with van der Waals surface area (Å²) in [5, 5.41) is 7.58. The van der Waals surface area contributed by atoms with E-state index < -0.39 is 0 Å². The van der Waals surface area contributed by atoms with E-state index in [0.717, 1.165) is 11.1 Å². The molecule has 0 saturated heterocycles. The van der Waals surface area contributed by atoms with Crippen LogP contribution in [0.2, 0.25) is 0 Å². The summed E-state index contributed by atoms with van der Waals surface area (Å²) in [6.45, 7) is 4.38. The summed E-state index contributed by atoms with van der Waals surface area (Å²) in [7, 11) is 0. The maximum absolute atomic E-state index is 12.3. The van der Waals surface area contributed by atoms with Crippen molar-refractivity contribution < 1.29 is 9.21 Å². The van der Waals surface area contributed by atoms with Gasteiger partial charge in [-0.05, 0) is 23.8 Å². The maximum Gasteiger partial charge on any atom is 0.247 e. The second-order valence-corrected chi connectivity index (χ2v) is 6.15. The summed E-state index contributed by atoms with van der Waals surface area (Å²) < 4.78 is 6.40. The van der Waals surface area contributed by atoms with Crippen molar-refractivity contribution in [2.45, 2.75) is 0 Å². The van der Waals surface area contributed by atoms with E-state index in [1.165, 1.54) is 23.5 Å². The zero-order chi connectivity index (χ0) is 17.8. The van der Waals surface area contributed by atoms with Crippen LogP contribution in [0.25, 0.3) is 21.4 Å². The highest BCUT2D eigenvalue weighted by Crippen LogP contribution is 2.34. The number of amides is 1. The molecule has 0 fully saturated rings. The summed E-state index contributed by atoms with van der Waals surface area (Å²) in [5.74, 6) is 0.103. The molecule has 0 bridgehead atoms. The van der Waals surface area contributed by atoms with Gasteiger partial charge in [-0.2, -0.15) is 0 Å². The molecule has 1 amide bonds. The molecule has 7 heteroatoms. The molecule has 1 aromatic carbocycles. The second-order valence-electron chi connectivity index (χ2n) is 5.27. The number of anilines is 2. The number of nitrogens with one attached hydrogen (secondary N) is 2. The number of thiophene rings is 1. The Morgan fingerprint density at radius 2 is 2.20 bits per heavy atom. The van der Waals surface area contributed by atoms with Gasteiger partial charge in [-0.1, -0.05) is 18.7 Å². The number of hydrogen-bond donors (Lipinski definition) is 3. The first kappa shape index (κ1) is 16.9. The lowest BCUT2D eigenvalue weighted by Crippen LogP contribution is -2.14. The molecule has 0 aliphatic rings. The van der Waals surface area contributed by atoms with Gasteiger partial charge in [0.2, 0.25) is 11.3 Å². The quantitative estimate of drug-likeness (QED) is 0.591. The molecule has 3 rings (SSSR count). The van der Waals surface area contributed by atoms with Gasteiger partial charge in [0.1, 0.15) is 4.70 Å². The van der Waals surface area contributed by atoms with Crippen molar-refractivity contribution in [3.05, 3.63) is 58.6 Å². The molecule has 4 N–H and O–H groups in total. The fourth-order valence-electron chi connectivity index (χ4n) is 2.38. The van der Waals surface area contributed by atoms with Crippen molar-refractivity contribution in [2.75, 3.05) is 23.7 Å². The van der Waals surface area contributed by atoms with E-state index in [-0.39, 0.29) is 11.3 Å². The van der Waals surface area contributed by atoms with Crippen LogP contribution in [-0.2, 0) is 4.79 Å². The molecule has 6 nitrogen and oxygen atoms in total. The summed E-state index contributed by atoms with van der Waals surface area (Å²) in [6, 6.07) is 8.75. The van der Waals surface area contributed by atoms with Gasteiger partial charge in [-0.15, -0.1) is 11.3 Å². The third kappa shape index (κ3) is 3.62. The van der Waals surface area contributed by atoms with Crippen LogP contribution >= 0.6 is 11.3 Å². The molecule has 0 spiro atoms. The molecule has 0 radical (unpaired) electrons. The summed E-state index contributed by atoms with van der Waals surface area (Å²) in [6.07, 6.45) is 1.21. The van der Waals surface area contributed by atoms with Crippen molar-refractivity contribution in [2.24, 2.45) is 5.73 Å².